The van der Waals surface area contributed by atoms with Crippen LogP contribution in [0.5, 0.6) is 0 Å². The number of methoxy groups -OCH3 is 1. The Balaban J connectivity index is 1.49. The van der Waals surface area contributed by atoms with Crippen LogP contribution in [0.25, 0.3) is 11.0 Å². The topological polar surface area (TPSA) is 70.6 Å². The zero-order valence-corrected chi connectivity index (χ0v) is 15.7. The molecule has 2 aliphatic rings. The lowest BCUT2D eigenvalue weighted by Crippen LogP contribution is -2.52. The van der Waals surface area contributed by atoms with Gasteiger partial charge in [-0.15, -0.1) is 0 Å². The number of benzene rings is 1. The van der Waals surface area contributed by atoms with Crippen LogP contribution in [0.2, 0.25) is 0 Å². The van der Waals surface area contributed by atoms with Crippen molar-refractivity contribution in [3.05, 3.63) is 34.5 Å². The molecule has 1 N–H and O–H groups in total. The highest BCUT2D eigenvalue weighted by Gasteiger charge is 2.42. The van der Waals surface area contributed by atoms with Gasteiger partial charge in [0.15, 0.2) is 0 Å². The minimum Gasteiger partial charge on any atom is -0.453 e. The van der Waals surface area contributed by atoms with Gasteiger partial charge >= 0.3 is 11.8 Å². The van der Waals surface area contributed by atoms with Gasteiger partial charge in [0, 0.05) is 37.8 Å². The number of carbonyl (C=O) groups excluding carboxylic acids is 1. The van der Waals surface area contributed by atoms with Crippen LogP contribution < -0.4 is 5.69 Å². The highest BCUT2D eigenvalue weighted by Crippen LogP contribution is 2.33. The number of ether oxygens (including phenoxy) is 1. The first kappa shape index (κ1) is 18.0. The third-order valence-corrected chi connectivity index (χ3v) is 6.16. The van der Waals surface area contributed by atoms with Gasteiger partial charge in [-0.2, -0.15) is 0 Å². The predicted octanol–water partition coefficient (Wildman–Crippen LogP) is 2.34. The summed E-state index contributed by atoms with van der Waals surface area (Å²) in [7, 11) is 1.41. The summed E-state index contributed by atoms with van der Waals surface area (Å²) in [5.74, 6) is -0.339. The summed E-state index contributed by atoms with van der Waals surface area (Å²) < 4.78 is 20.2. The number of nitrogens with one attached hydrogen (secondary N) is 1. The molecule has 146 valence electrons. The third kappa shape index (κ3) is 3.12. The molecule has 2 aromatic rings. The summed E-state index contributed by atoms with van der Waals surface area (Å²) >= 11 is 0. The summed E-state index contributed by atoms with van der Waals surface area (Å²) in [6.45, 7) is 5.21. The molecular weight excluding hydrogens is 351 g/mol. The second-order valence-electron chi connectivity index (χ2n) is 7.82. The van der Waals surface area contributed by atoms with E-state index in [-0.39, 0.29) is 29.2 Å². The largest absolute Gasteiger partial charge is 0.453 e. The van der Waals surface area contributed by atoms with Gasteiger partial charge in [-0.3, -0.25) is 9.47 Å². The number of H-pyrrole nitrogens is 1. The van der Waals surface area contributed by atoms with Crippen molar-refractivity contribution in [1.29, 1.82) is 0 Å². The first-order valence-electron chi connectivity index (χ1n) is 9.39. The highest BCUT2D eigenvalue weighted by atomic mass is 19.1. The van der Waals surface area contributed by atoms with Crippen molar-refractivity contribution in [2.45, 2.75) is 37.8 Å². The predicted molar refractivity (Wildman–Crippen MR) is 99.4 cm³/mol. The Bertz CT molecular complexity index is 915. The molecule has 0 bridgehead atoms. The van der Waals surface area contributed by atoms with E-state index in [1.54, 1.807) is 15.5 Å². The number of fused-ring (bicyclic) bond motifs is 1. The first-order chi connectivity index (χ1) is 12.9. The zero-order valence-electron chi connectivity index (χ0n) is 15.7. The van der Waals surface area contributed by atoms with Crippen LogP contribution in [-0.2, 0) is 4.74 Å². The molecule has 1 aromatic carbocycles. The Kier molecular flexibility index (Phi) is 4.46. The van der Waals surface area contributed by atoms with Crippen molar-refractivity contribution in [1.82, 2.24) is 19.4 Å². The Morgan fingerprint density at radius 3 is 2.74 bits per heavy atom. The number of amides is 1. The fourth-order valence-electron chi connectivity index (χ4n) is 4.61. The van der Waals surface area contributed by atoms with Gasteiger partial charge in [0.1, 0.15) is 5.82 Å². The summed E-state index contributed by atoms with van der Waals surface area (Å²) in [5, 5.41) is 0. The second kappa shape index (κ2) is 6.67. The van der Waals surface area contributed by atoms with Crippen LogP contribution in [0.3, 0.4) is 0 Å². The number of aromatic nitrogens is 2. The number of halogens is 1. The number of rotatable bonds is 2. The fraction of sp³-hybridized carbons (Fsp3) is 0.579. The third-order valence-electron chi connectivity index (χ3n) is 6.16. The van der Waals surface area contributed by atoms with Crippen LogP contribution in [-0.4, -0.2) is 64.3 Å². The number of aromatic amines is 1. The molecule has 2 saturated heterocycles. The zero-order chi connectivity index (χ0) is 19.2. The standard InChI is InChI=1S/C19H25FN4O3/c1-19(7-10-22(12-19)18(26)27-2)23-8-5-14(6-9-23)24-16-11-13(20)3-4-15(16)21-17(24)25/h3-4,11,14H,5-10,12H2,1-2H3,(H,21,25). The second-order valence-corrected chi connectivity index (χ2v) is 7.82. The summed E-state index contributed by atoms with van der Waals surface area (Å²) in [6, 6.07) is 4.44. The molecule has 0 spiro atoms. The molecule has 4 rings (SSSR count). The Morgan fingerprint density at radius 1 is 1.30 bits per heavy atom. The minimum atomic E-state index is -0.339. The average molecular weight is 376 g/mol. The number of nitrogens with zero attached hydrogens (tertiary/aromatic N) is 3. The van der Waals surface area contributed by atoms with Gasteiger partial charge in [0.05, 0.1) is 18.1 Å². The molecular formula is C19H25FN4O3. The number of likely N-dealkylation sites (tertiary alicyclic amines) is 2. The molecule has 2 fully saturated rings. The lowest BCUT2D eigenvalue weighted by molar-refractivity contribution is 0.0662. The van der Waals surface area contributed by atoms with Gasteiger partial charge in [0.25, 0.3) is 0 Å². The normalized spacial score (nSPS) is 24.6. The van der Waals surface area contributed by atoms with Crippen LogP contribution >= 0.6 is 0 Å². The molecule has 8 heteroatoms. The lowest BCUT2D eigenvalue weighted by atomic mass is 9.94. The number of piperidine rings is 1. The molecule has 1 aromatic heterocycles. The molecule has 0 aliphatic carbocycles. The molecule has 2 aliphatic heterocycles. The summed E-state index contributed by atoms with van der Waals surface area (Å²) in [4.78, 5) is 31.2. The van der Waals surface area contributed by atoms with E-state index in [0.717, 1.165) is 32.4 Å². The summed E-state index contributed by atoms with van der Waals surface area (Å²) in [5.41, 5.74) is 1.04. The van der Waals surface area contributed by atoms with E-state index in [1.807, 2.05) is 0 Å². The smallest absolute Gasteiger partial charge is 0.409 e. The molecule has 1 unspecified atom stereocenters. The monoisotopic (exact) mass is 376 g/mol. The Hall–Kier alpha value is -2.35. The highest BCUT2D eigenvalue weighted by molar-refractivity contribution is 5.75. The first-order valence-corrected chi connectivity index (χ1v) is 9.39. The van der Waals surface area contributed by atoms with Crippen molar-refractivity contribution in [2.75, 3.05) is 33.3 Å². The van der Waals surface area contributed by atoms with E-state index in [9.17, 15) is 14.0 Å². The van der Waals surface area contributed by atoms with E-state index in [4.69, 9.17) is 4.74 Å². The maximum Gasteiger partial charge on any atom is 0.409 e. The molecule has 0 radical (unpaired) electrons. The van der Waals surface area contributed by atoms with Crippen LogP contribution in [0.4, 0.5) is 9.18 Å². The molecule has 27 heavy (non-hydrogen) atoms. The van der Waals surface area contributed by atoms with E-state index in [2.05, 4.69) is 16.8 Å². The quantitative estimate of drug-likeness (QED) is 0.873. The summed E-state index contributed by atoms with van der Waals surface area (Å²) in [6.07, 6.45) is 2.26. The maximum absolute atomic E-state index is 13.7. The SMILES string of the molecule is COC(=O)N1CCC(C)(N2CCC(n3c(=O)[nH]c4ccc(F)cc43)CC2)C1. The molecule has 7 nitrogen and oxygen atoms in total. The van der Waals surface area contributed by atoms with Crippen molar-refractivity contribution >= 4 is 17.1 Å². The fourth-order valence-corrected chi connectivity index (χ4v) is 4.61. The van der Waals surface area contributed by atoms with Crippen LogP contribution in [0, 0.1) is 5.82 Å². The molecule has 0 saturated carbocycles. The maximum atomic E-state index is 13.7. The molecule has 1 amide bonds. The van der Waals surface area contributed by atoms with Crippen LogP contribution in [0.15, 0.2) is 23.0 Å². The van der Waals surface area contributed by atoms with E-state index >= 15 is 0 Å². The Morgan fingerprint density at radius 2 is 2.04 bits per heavy atom. The van der Waals surface area contributed by atoms with Gasteiger partial charge in [-0.1, -0.05) is 0 Å². The number of carbonyl (C=O) groups is 1. The lowest BCUT2D eigenvalue weighted by Gasteiger charge is -2.43. The van der Waals surface area contributed by atoms with Crippen molar-refractivity contribution in [2.24, 2.45) is 0 Å². The number of hydrogen-bond donors (Lipinski definition) is 1. The number of imidazole rings is 1. The van der Waals surface area contributed by atoms with Crippen molar-refractivity contribution < 1.29 is 13.9 Å². The Labute approximate surface area is 156 Å². The minimum absolute atomic E-state index is 0.0472. The van der Waals surface area contributed by atoms with Crippen LogP contribution in [0.1, 0.15) is 32.2 Å². The average Bonchev–Trinajstić information content (AvgIpc) is 3.21. The van der Waals surface area contributed by atoms with Crippen molar-refractivity contribution in [3.63, 3.8) is 0 Å². The van der Waals surface area contributed by atoms with Gasteiger partial charge in [0.2, 0.25) is 0 Å². The van der Waals surface area contributed by atoms with Gasteiger partial charge < -0.3 is 14.6 Å². The van der Waals surface area contributed by atoms with E-state index in [0.29, 0.717) is 24.1 Å². The van der Waals surface area contributed by atoms with Gasteiger partial charge in [-0.25, -0.2) is 14.0 Å². The molecule has 3 heterocycles. The van der Waals surface area contributed by atoms with Crippen molar-refractivity contribution in [3.8, 4) is 0 Å². The van der Waals surface area contributed by atoms with Gasteiger partial charge in [-0.05, 0) is 44.4 Å². The van der Waals surface area contributed by atoms with E-state index < -0.39 is 0 Å². The van der Waals surface area contributed by atoms with E-state index in [1.165, 1.54) is 19.2 Å². The number of hydrogen-bond acceptors (Lipinski definition) is 4. The molecule has 1 atom stereocenters.